The number of imidazole rings is 1. The molecule has 1 atom stereocenters. The summed E-state index contributed by atoms with van der Waals surface area (Å²) in [4.78, 5) is 10.9. The molecule has 31 heavy (non-hydrogen) atoms. The van der Waals surface area contributed by atoms with Gasteiger partial charge in [-0.3, -0.25) is 9.47 Å². The lowest BCUT2D eigenvalue weighted by molar-refractivity contribution is 0.0671. The normalized spacial score (nSPS) is 15.6. The molecule has 1 aliphatic rings. The predicted octanol–water partition coefficient (Wildman–Crippen LogP) is 3.80. The van der Waals surface area contributed by atoms with Gasteiger partial charge in [-0.05, 0) is 50.6 Å². The maximum Gasteiger partial charge on any atom is 0.319 e. The fourth-order valence-corrected chi connectivity index (χ4v) is 3.69. The number of halogens is 3. The molecule has 0 saturated carbocycles. The molecule has 0 bridgehead atoms. The Bertz CT molecular complexity index is 826. The van der Waals surface area contributed by atoms with Gasteiger partial charge in [0.15, 0.2) is 5.96 Å². The number of ether oxygens (including phenoxy) is 1. The number of hydrogen-bond acceptors (Lipinski definition) is 4. The van der Waals surface area contributed by atoms with Crippen LogP contribution in [0.1, 0.15) is 43.7 Å². The van der Waals surface area contributed by atoms with Crippen LogP contribution in [0.2, 0.25) is 0 Å². The van der Waals surface area contributed by atoms with Gasteiger partial charge in [0, 0.05) is 25.5 Å². The smallest absolute Gasteiger partial charge is 0.319 e. The number of aromatic nitrogens is 2. The molecule has 3 rings (SSSR count). The Kier molecular flexibility index (Phi) is 10.4. The molecule has 1 aromatic carbocycles. The van der Waals surface area contributed by atoms with E-state index in [4.69, 9.17) is 4.74 Å². The Morgan fingerprint density at radius 2 is 2.03 bits per heavy atom. The number of hydrogen-bond donors (Lipinski definition) is 2. The van der Waals surface area contributed by atoms with E-state index in [1.54, 1.807) is 7.11 Å². The lowest BCUT2D eigenvalue weighted by Gasteiger charge is -2.29. The summed E-state index contributed by atoms with van der Waals surface area (Å²) < 4.78 is 32.3. The van der Waals surface area contributed by atoms with Gasteiger partial charge < -0.3 is 15.4 Å². The summed E-state index contributed by atoms with van der Waals surface area (Å²) in [5.74, 6) is 1.63. The number of nitrogens with zero attached hydrogens (tertiary/aromatic N) is 4. The van der Waals surface area contributed by atoms with Gasteiger partial charge in [0.2, 0.25) is 0 Å². The first-order chi connectivity index (χ1) is 14.6. The second-order valence-corrected chi connectivity index (χ2v) is 7.14. The van der Waals surface area contributed by atoms with Crippen molar-refractivity contribution in [1.82, 2.24) is 25.1 Å². The third kappa shape index (κ3) is 7.03. The van der Waals surface area contributed by atoms with Gasteiger partial charge in [-0.25, -0.2) is 9.98 Å². The van der Waals surface area contributed by atoms with Crippen LogP contribution in [0.5, 0.6) is 5.75 Å². The zero-order valence-electron chi connectivity index (χ0n) is 17.9. The molecule has 1 saturated heterocycles. The van der Waals surface area contributed by atoms with Gasteiger partial charge in [0.25, 0.3) is 0 Å². The monoisotopic (exact) mass is 548 g/mol. The van der Waals surface area contributed by atoms with Gasteiger partial charge in [-0.2, -0.15) is 8.78 Å². The lowest BCUT2D eigenvalue weighted by atomic mass is 10.1. The Labute approximate surface area is 199 Å². The summed E-state index contributed by atoms with van der Waals surface area (Å²) in [7, 11) is 1.67. The molecule has 1 fully saturated rings. The molecule has 0 radical (unpaired) electrons. The molecule has 2 aromatic rings. The van der Waals surface area contributed by atoms with Gasteiger partial charge >= 0.3 is 6.55 Å². The molecule has 0 amide bonds. The first-order valence-electron chi connectivity index (χ1n) is 10.3. The number of likely N-dealkylation sites (tertiary alicyclic amines) is 1. The molecular weight excluding hydrogens is 517 g/mol. The average molecular weight is 548 g/mol. The van der Waals surface area contributed by atoms with Crippen LogP contribution in [0, 0.1) is 0 Å². The van der Waals surface area contributed by atoms with Gasteiger partial charge in [-0.1, -0.05) is 12.1 Å². The predicted molar refractivity (Wildman–Crippen MR) is 128 cm³/mol. The minimum atomic E-state index is -2.62. The number of rotatable bonds is 9. The van der Waals surface area contributed by atoms with Crippen molar-refractivity contribution in [3.63, 3.8) is 0 Å². The van der Waals surface area contributed by atoms with E-state index in [-0.39, 0.29) is 42.4 Å². The summed E-state index contributed by atoms with van der Waals surface area (Å²) >= 11 is 0. The van der Waals surface area contributed by atoms with Crippen molar-refractivity contribution < 1.29 is 13.5 Å². The summed E-state index contributed by atoms with van der Waals surface area (Å²) in [5, 5.41) is 6.56. The van der Waals surface area contributed by atoms with Crippen molar-refractivity contribution in [2.75, 3.05) is 33.3 Å². The highest BCUT2D eigenvalue weighted by atomic mass is 127. The average Bonchev–Trinajstić information content (AvgIpc) is 3.44. The first kappa shape index (κ1) is 25.3. The Morgan fingerprint density at radius 1 is 1.26 bits per heavy atom. The zero-order chi connectivity index (χ0) is 21.3. The number of benzene rings is 1. The Morgan fingerprint density at radius 3 is 2.71 bits per heavy atom. The number of guanidine groups is 1. The molecular formula is C21H31F2IN6O. The first-order valence-corrected chi connectivity index (χ1v) is 10.3. The van der Waals surface area contributed by atoms with Crippen molar-refractivity contribution in [1.29, 1.82) is 0 Å². The highest BCUT2D eigenvalue weighted by Crippen LogP contribution is 2.27. The van der Waals surface area contributed by atoms with E-state index in [2.05, 4.69) is 37.6 Å². The topological polar surface area (TPSA) is 66.7 Å². The van der Waals surface area contributed by atoms with E-state index >= 15 is 0 Å². The van der Waals surface area contributed by atoms with E-state index in [1.807, 2.05) is 19.1 Å². The highest BCUT2D eigenvalue weighted by Gasteiger charge is 2.24. The summed E-state index contributed by atoms with van der Waals surface area (Å²) in [5.41, 5.74) is 1.17. The van der Waals surface area contributed by atoms with Crippen LogP contribution in [-0.4, -0.2) is 53.7 Å². The minimum absolute atomic E-state index is 0. The lowest BCUT2D eigenvalue weighted by Crippen LogP contribution is -2.42. The number of aliphatic imine (C=N–C) groups is 1. The van der Waals surface area contributed by atoms with E-state index in [9.17, 15) is 8.78 Å². The summed E-state index contributed by atoms with van der Waals surface area (Å²) in [6.45, 7) is 2.81. The summed E-state index contributed by atoms with van der Waals surface area (Å²) in [6.07, 6.45) is 5.00. The van der Waals surface area contributed by atoms with Crippen LogP contribution < -0.4 is 15.4 Å². The molecule has 2 N–H and O–H groups in total. The SMILES string of the molecule is CCNC(=NCc1nccn1C(F)F)NCC(c1cccc(OC)c1)N1CCCC1.I. The molecule has 1 aromatic heterocycles. The second kappa shape index (κ2) is 12.8. The molecule has 7 nitrogen and oxygen atoms in total. The largest absolute Gasteiger partial charge is 0.497 e. The van der Waals surface area contributed by atoms with E-state index < -0.39 is 6.55 Å². The molecule has 0 spiro atoms. The third-order valence-corrected chi connectivity index (χ3v) is 5.20. The van der Waals surface area contributed by atoms with Crippen molar-refractivity contribution >= 4 is 29.9 Å². The van der Waals surface area contributed by atoms with Crippen molar-refractivity contribution in [2.24, 2.45) is 4.99 Å². The van der Waals surface area contributed by atoms with Crippen molar-refractivity contribution in [3.05, 3.63) is 48.0 Å². The maximum absolute atomic E-state index is 13.0. The van der Waals surface area contributed by atoms with Crippen LogP contribution in [0.3, 0.4) is 0 Å². The van der Waals surface area contributed by atoms with Crippen molar-refractivity contribution in [2.45, 2.75) is 38.9 Å². The van der Waals surface area contributed by atoms with E-state index in [0.717, 1.165) is 23.4 Å². The zero-order valence-corrected chi connectivity index (χ0v) is 20.3. The molecule has 10 heteroatoms. The van der Waals surface area contributed by atoms with Gasteiger partial charge in [0.05, 0.1) is 13.2 Å². The van der Waals surface area contributed by atoms with Crippen LogP contribution in [-0.2, 0) is 6.54 Å². The number of methoxy groups -OCH3 is 1. The van der Waals surface area contributed by atoms with Gasteiger partial charge in [0.1, 0.15) is 18.1 Å². The molecule has 2 heterocycles. The standard InChI is InChI=1S/C21H30F2N6O.HI/c1-3-24-21(27-15-19-25-9-12-29(19)20(22)23)26-14-18(28-10-4-5-11-28)16-7-6-8-17(13-16)30-2;/h6-9,12-13,18,20H,3-5,10-11,14-15H2,1-2H3,(H2,24,26,27);1H. The minimum Gasteiger partial charge on any atom is -0.497 e. The maximum atomic E-state index is 13.0. The summed E-state index contributed by atoms with van der Waals surface area (Å²) in [6, 6.07) is 8.27. The van der Waals surface area contributed by atoms with Crippen LogP contribution in [0.25, 0.3) is 0 Å². The van der Waals surface area contributed by atoms with Crippen LogP contribution in [0.4, 0.5) is 8.78 Å². The highest BCUT2D eigenvalue weighted by molar-refractivity contribution is 14.0. The third-order valence-electron chi connectivity index (χ3n) is 5.20. The molecule has 0 aliphatic carbocycles. The van der Waals surface area contributed by atoms with Crippen molar-refractivity contribution in [3.8, 4) is 5.75 Å². The van der Waals surface area contributed by atoms with Crippen LogP contribution >= 0.6 is 24.0 Å². The Balaban J connectivity index is 0.00000341. The van der Waals surface area contributed by atoms with E-state index in [0.29, 0.717) is 19.0 Å². The fourth-order valence-electron chi connectivity index (χ4n) is 3.69. The second-order valence-electron chi connectivity index (χ2n) is 7.14. The quantitative estimate of drug-likeness (QED) is 0.284. The Hall–Kier alpha value is -1.95. The molecule has 1 unspecified atom stereocenters. The molecule has 172 valence electrons. The molecule has 1 aliphatic heterocycles. The fraction of sp³-hybridized carbons (Fsp3) is 0.524. The van der Waals surface area contributed by atoms with Gasteiger partial charge in [-0.15, -0.1) is 24.0 Å². The van der Waals surface area contributed by atoms with Crippen LogP contribution in [0.15, 0.2) is 41.7 Å². The van der Waals surface area contributed by atoms with E-state index in [1.165, 1.54) is 30.8 Å². The number of nitrogens with one attached hydrogen (secondary N) is 2. The number of alkyl halides is 2.